The zero-order valence-corrected chi connectivity index (χ0v) is 6.31. The lowest BCUT2D eigenvalue weighted by molar-refractivity contribution is 0.621. The molecule has 7 heavy (non-hydrogen) atoms. The number of hydrogen-bond acceptors (Lipinski definition) is 2. The summed E-state index contributed by atoms with van der Waals surface area (Å²) < 4.78 is 18.3. The molecule has 0 aromatic carbocycles. The predicted octanol–water partition coefficient (Wildman–Crippen LogP) is 1.74. The van der Waals surface area contributed by atoms with Crippen LogP contribution in [0.1, 0.15) is 13.8 Å². The third-order valence-corrected chi connectivity index (χ3v) is 0. The van der Waals surface area contributed by atoms with Gasteiger partial charge in [-0.25, -0.2) is 0 Å². The van der Waals surface area contributed by atoms with Gasteiger partial charge in [0, 0.05) is 21.4 Å². The fourth-order valence-corrected chi connectivity index (χ4v) is 0. The number of rotatable bonds is 0. The smallest absolute Gasteiger partial charge is 0.195 e. The van der Waals surface area contributed by atoms with Crippen molar-refractivity contribution < 1.29 is 8.42 Å². The molecule has 0 unspecified atom stereocenters. The van der Waals surface area contributed by atoms with Gasteiger partial charge in [-0.1, -0.05) is 13.8 Å². The Labute approximate surface area is 52.3 Å². The normalized spacial score (nSPS) is 9.14. The molecule has 0 aliphatic rings. The van der Waals surface area contributed by atoms with Crippen molar-refractivity contribution in [3.05, 3.63) is 0 Å². The maximum atomic E-state index is 9.16. The van der Waals surface area contributed by atoms with Crippen LogP contribution in [0.25, 0.3) is 0 Å². The van der Waals surface area contributed by atoms with Gasteiger partial charge in [-0.3, -0.25) is 0 Å². The van der Waals surface area contributed by atoms with Gasteiger partial charge in [0.25, 0.3) is 0 Å². The minimum absolute atomic E-state index is 2.00. The van der Waals surface area contributed by atoms with E-state index in [0.29, 0.717) is 0 Å². The quantitative estimate of drug-likeness (QED) is 0.512. The highest BCUT2D eigenvalue weighted by Gasteiger charge is 1.88. The van der Waals surface area contributed by atoms with Crippen LogP contribution < -0.4 is 0 Å². The first kappa shape index (κ1) is 10.5. The zero-order valence-electron chi connectivity index (χ0n) is 3.98. The second kappa shape index (κ2) is 4.68. The average molecular weight is 165 g/mol. The van der Waals surface area contributed by atoms with Crippen molar-refractivity contribution in [2.45, 2.75) is 13.8 Å². The molecule has 0 spiro atoms. The van der Waals surface area contributed by atoms with Crippen molar-refractivity contribution in [3.63, 3.8) is 0 Å². The van der Waals surface area contributed by atoms with Crippen LogP contribution in [-0.4, -0.2) is 8.42 Å². The van der Waals surface area contributed by atoms with E-state index in [2.05, 4.69) is 21.4 Å². The minimum atomic E-state index is -3.72. The third-order valence-electron chi connectivity index (χ3n) is 0. The van der Waals surface area contributed by atoms with Crippen molar-refractivity contribution in [1.29, 1.82) is 0 Å². The molecule has 0 saturated carbocycles. The van der Waals surface area contributed by atoms with E-state index < -0.39 is 8.26 Å². The maximum Gasteiger partial charge on any atom is 0.317 e. The van der Waals surface area contributed by atoms with Gasteiger partial charge in [-0.05, 0) is 0 Å². The lowest BCUT2D eigenvalue weighted by atomic mass is 11.0. The molecule has 0 saturated heterocycles. The van der Waals surface area contributed by atoms with Crippen LogP contribution in [0.2, 0.25) is 0 Å². The van der Waals surface area contributed by atoms with Gasteiger partial charge in [0.05, 0.1) is 0 Å². The molecule has 0 aromatic heterocycles. The molecule has 0 rings (SSSR count). The number of hydrogen-bond donors (Lipinski definition) is 0. The molecule has 0 aliphatic carbocycles. The molecule has 0 atom stereocenters. The van der Waals surface area contributed by atoms with Gasteiger partial charge in [0.2, 0.25) is 0 Å². The summed E-state index contributed by atoms with van der Waals surface area (Å²) in [5.41, 5.74) is 0. The largest absolute Gasteiger partial charge is 0.317 e. The first-order chi connectivity index (χ1) is 3.00. The second-order valence-electron chi connectivity index (χ2n) is 0.378. The summed E-state index contributed by atoms with van der Waals surface area (Å²) in [5.74, 6) is 0. The van der Waals surface area contributed by atoms with Crippen molar-refractivity contribution in [2.24, 2.45) is 0 Å². The van der Waals surface area contributed by atoms with Crippen LogP contribution in [-0.2, 0) is 8.26 Å². The Bertz CT molecular complexity index is 96.9. The molecule has 0 amide bonds. The Morgan fingerprint density at radius 1 is 1.14 bits per heavy atom. The summed E-state index contributed by atoms with van der Waals surface area (Å²) in [5, 5.41) is 0. The Morgan fingerprint density at radius 3 is 1.14 bits per heavy atom. The Hall–Kier alpha value is 0.530. The van der Waals surface area contributed by atoms with E-state index in [1.54, 1.807) is 0 Å². The minimum Gasteiger partial charge on any atom is -0.195 e. The van der Waals surface area contributed by atoms with Crippen LogP contribution in [0.4, 0.5) is 0 Å². The van der Waals surface area contributed by atoms with Crippen molar-refractivity contribution in [2.75, 3.05) is 0 Å². The maximum absolute atomic E-state index is 9.16. The molecule has 0 aromatic rings. The standard InChI is InChI=1S/C2H6.Cl2O2S/c1-2;1-5(2,3)4/h1-2H3;. The molecule has 5 heteroatoms. The molecular weight excluding hydrogens is 159 g/mol. The topological polar surface area (TPSA) is 34.1 Å². The van der Waals surface area contributed by atoms with Gasteiger partial charge < -0.3 is 0 Å². The fourth-order valence-electron chi connectivity index (χ4n) is 0. The highest BCUT2D eigenvalue weighted by Crippen LogP contribution is 1.98. The van der Waals surface area contributed by atoms with Gasteiger partial charge in [-0.15, -0.1) is 0 Å². The summed E-state index contributed by atoms with van der Waals surface area (Å²) in [7, 11) is 4.81. The monoisotopic (exact) mass is 164 g/mol. The van der Waals surface area contributed by atoms with Gasteiger partial charge in [-0.2, -0.15) is 8.42 Å². The lowest BCUT2D eigenvalue weighted by Gasteiger charge is -1.61. The van der Waals surface area contributed by atoms with E-state index in [0.717, 1.165) is 0 Å². The van der Waals surface area contributed by atoms with Crippen LogP contribution in [0.3, 0.4) is 0 Å². The van der Waals surface area contributed by atoms with E-state index in [-0.39, 0.29) is 0 Å². The van der Waals surface area contributed by atoms with Crippen LogP contribution in [0, 0.1) is 0 Å². The average Bonchev–Trinajstić information content (AvgIpc) is 1.36. The zero-order chi connectivity index (χ0) is 6.50. The molecule has 0 aliphatic heterocycles. The van der Waals surface area contributed by atoms with E-state index in [9.17, 15) is 0 Å². The Balaban J connectivity index is 0. The van der Waals surface area contributed by atoms with Gasteiger partial charge >= 0.3 is 8.26 Å². The molecule has 2 nitrogen and oxygen atoms in total. The van der Waals surface area contributed by atoms with Crippen LogP contribution in [0.5, 0.6) is 0 Å². The Kier molecular flexibility index (Phi) is 7.02. The first-order valence-corrected chi connectivity index (χ1v) is 4.78. The van der Waals surface area contributed by atoms with E-state index in [4.69, 9.17) is 8.42 Å². The lowest BCUT2D eigenvalue weighted by Crippen LogP contribution is -1.63. The number of halogens is 2. The molecule has 0 fully saturated rings. The van der Waals surface area contributed by atoms with Gasteiger partial charge in [0.1, 0.15) is 0 Å². The summed E-state index contributed by atoms with van der Waals surface area (Å²) in [6, 6.07) is 0. The summed E-state index contributed by atoms with van der Waals surface area (Å²) in [6.45, 7) is 4.00. The van der Waals surface area contributed by atoms with Crippen molar-refractivity contribution >= 4 is 29.6 Å². The van der Waals surface area contributed by atoms with E-state index >= 15 is 0 Å². The molecule has 0 heterocycles. The molecular formula is C2H6Cl2O2S. The van der Waals surface area contributed by atoms with E-state index in [1.807, 2.05) is 13.8 Å². The summed E-state index contributed by atoms with van der Waals surface area (Å²) >= 11 is 0. The summed E-state index contributed by atoms with van der Waals surface area (Å²) in [6.07, 6.45) is 0. The SMILES string of the molecule is CC.O=S(=O)(Cl)Cl. The van der Waals surface area contributed by atoms with Crippen LogP contribution >= 0.6 is 21.4 Å². The van der Waals surface area contributed by atoms with Gasteiger partial charge in [0.15, 0.2) is 0 Å². The molecule has 46 valence electrons. The van der Waals surface area contributed by atoms with E-state index in [1.165, 1.54) is 0 Å². The molecule has 0 N–H and O–H groups in total. The van der Waals surface area contributed by atoms with Crippen molar-refractivity contribution in [3.8, 4) is 0 Å². The third kappa shape index (κ3) is 477. The molecule has 0 radical (unpaired) electrons. The molecule has 0 bridgehead atoms. The first-order valence-electron chi connectivity index (χ1n) is 1.64. The predicted molar refractivity (Wildman–Crippen MR) is 32.0 cm³/mol. The Morgan fingerprint density at radius 2 is 1.14 bits per heavy atom. The summed E-state index contributed by atoms with van der Waals surface area (Å²) in [4.78, 5) is 0. The second-order valence-corrected chi connectivity index (χ2v) is 4.05. The fraction of sp³-hybridized carbons (Fsp3) is 1.00. The highest BCUT2D eigenvalue weighted by molar-refractivity contribution is 8.31. The van der Waals surface area contributed by atoms with Crippen molar-refractivity contribution in [1.82, 2.24) is 0 Å². The van der Waals surface area contributed by atoms with Crippen LogP contribution in [0.15, 0.2) is 0 Å². The highest BCUT2D eigenvalue weighted by atomic mass is 36.0.